The minimum Gasteiger partial charge on any atom is -0.493 e. The van der Waals surface area contributed by atoms with Crippen LogP contribution in [0.5, 0.6) is 11.5 Å². The van der Waals surface area contributed by atoms with Crippen LogP contribution in [-0.4, -0.2) is 42.6 Å². The van der Waals surface area contributed by atoms with Crippen LogP contribution in [0.15, 0.2) is 36.5 Å². The van der Waals surface area contributed by atoms with Gasteiger partial charge in [0.05, 0.1) is 25.6 Å². The van der Waals surface area contributed by atoms with Gasteiger partial charge in [-0.25, -0.2) is 4.98 Å². The molecule has 3 rings (SSSR count). The summed E-state index contributed by atoms with van der Waals surface area (Å²) < 4.78 is 13.0. The molecule has 5 nitrogen and oxygen atoms in total. The molecule has 3 aromatic rings. The Bertz CT molecular complexity index is 868. The quantitative estimate of drug-likeness (QED) is 0.721. The lowest BCUT2D eigenvalue weighted by Gasteiger charge is -2.13. The van der Waals surface area contributed by atoms with E-state index in [1.165, 1.54) is 0 Å². The summed E-state index contributed by atoms with van der Waals surface area (Å²) in [6.07, 6.45) is 2.07. The van der Waals surface area contributed by atoms with Crippen LogP contribution in [0.1, 0.15) is 11.3 Å². The van der Waals surface area contributed by atoms with Crippen molar-refractivity contribution in [2.45, 2.75) is 13.5 Å². The standard InChI is InChI=1S/C19H23N3O2/c1-13-7-6-10-22-15(12-21(2)3)18(20-19(13)22)14-8-9-16(23-4)17(11-14)24-5/h6-11H,12H2,1-5H3. The lowest BCUT2D eigenvalue weighted by molar-refractivity contribution is 0.355. The first-order chi connectivity index (χ1) is 11.5. The Kier molecular flexibility index (Phi) is 4.44. The van der Waals surface area contributed by atoms with E-state index in [-0.39, 0.29) is 0 Å². The van der Waals surface area contributed by atoms with E-state index in [0.717, 1.165) is 40.5 Å². The van der Waals surface area contributed by atoms with Crippen molar-refractivity contribution in [2.75, 3.05) is 28.3 Å². The highest BCUT2D eigenvalue weighted by Gasteiger charge is 2.17. The Labute approximate surface area is 142 Å². The van der Waals surface area contributed by atoms with Gasteiger partial charge in [0, 0.05) is 18.3 Å². The third-order valence-electron chi connectivity index (χ3n) is 4.07. The number of hydrogen-bond acceptors (Lipinski definition) is 4. The number of rotatable bonds is 5. The lowest BCUT2D eigenvalue weighted by atomic mass is 10.1. The average Bonchev–Trinajstić information content (AvgIpc) is 2.93. The lowest BCUT2D eigenvalue weighted by Crippen LogP contribution is -2.13. The first kappa shape index (κ1) is 16.3. The Balaban J connectivity index is 2.23. The zero-order valence-corrected chi connectivity index (χ0v) is 14.8. The molecule has 0 amide bonds. The van der Waals surface area contributed by atoms with Crippen molar-refractivity contribution in [3.63, 3.8) is 0 Å². The van der Waals surface area contributed by atoms with Gasteiger partial charge in [-0.1, -0.05) is 6.07 Å². The fourth-order valence-electron chi connectivity index (χ4n) is 2.92. The van der Waals surface area contributed by atoms with Crippen LogP contribution >= 0.6 is 0 Å². The summed E-state index contributed by atoms with van der Waals surface area (Å²) in [5.41, 5.74) is 5.29. The fourth-order valence-corrected chi connectivity index (χ4v) is 2.92. The van der Waals surface area contributed by atoms with Gasteiger partial charge in [0.15, 0.2) is 11.5 Å². The molecule has 0 aliphatic heterocycles. The number of hydrogen-bond donors (Lipinski definition) is 0. The van der Waals surface area contributed by atoms with Crippen molar-refractivity contribution < 1.29 is 9.47 Å². The van der Waals surface area contributed by atoms with Gasteiger partial charge >= 0.3 is 0 Å². The monoisotopic (exact) mass is 325 g/mol. The number of ether oxygens (including phenoxy) is 2. The van der Waals surface area contributed by atoms with Gasteiger partial charge in [-0.3, -0.25) is 0 Å². The van der Waals surface area contributed by atoms with Gasteiger partial charge < -0.3 is 18.8 Å². The summed E-state index contributed by atoms with van der Waals surface area (Å²) in [5.74, 6) is 1.43. The molecule has 0 bridgehead atoms. The number of methoxy groups -OCH3 is 2. The molecule has 0 saturated heterocycles. The van der Waals surface area contributed by atoms with Crippen molar-refractivity contribution in [1.82, 2.24) is 14.3 Å². The normalized spacial score (nSPS) is 11.2. The molecule has 5 heteroatoms. The maximum atomic E-state index is 5.45. The summed E-state index contributed by atoms with van der Waals surface area (Å²) in [5, 5.41) is 0. The molecule has 0 N–H and O–H groups in total. The van der Waals surface area contributed by atoms with Crippen molar-refractivity contribution >= 4 is 5.65 Å². The first-order valence-electron chi connectivity index (χ1n) is 7.88. The molecule has 0 spiro atoms. The number of fused-ring (bicyclic) bond motifs is 1. The van der Waals surface area contributed by atoms with Crippen molar-refractivity contribution in [3.05, 3.63) is 47.8 Å². The van der Waals surface area contributed by atoms with E-state index in [2.05, 4.69) is 48.6 Å². The van der Waals surface area contributed by atoms with E-state index in [9.17, 15) is 0 Å². The minimum atomic E-state index is 0.708. The second-order valence-corrected chi connectivity index (χ2v) is 6.10. The maximum Gasteiger partial charge on any atom is 0.161 e. The van der Waals surface area contributed by atoms with Crippen molar-refractivity contribution in [3.8, 4) is 22.8 Å². The van der Waals surface area contributed by atoms with Crippen LogP contribution < -0.4 is 9.47 Å². The number of nitrogens with zero attached hydrogens (tertiary/aromatic N) is 3. The van der Waals surface area contributed by atoms with Gasteiger partial charge in [0.25, 0.3) is 0 Å². The molecule has 0 radical (unpaired) electrons. The summed E-state index contributed by atoms with van der Waals surface area (Å²) in [6.45, 7) is 2.88. The molecular weight excluding hydrogens is 302 g/mol. The predicted octanol–water partition coefficient (Wildman–Crippen LogP) is 3.39. The summed E-state index contributed by atoms with van der Waals surface area (Å²) in [7, 11) is 7.42. The summed E-state index contributed by atoms with van der Waals surface area (Å²) in [4.78, 5) is 7.06. The van der Waals surface area contributed by atoms with Gasteiger partial charge in [0.2, 0.25) is 0 Å². The fraction of sp³-hybridized carbons (Fsp3) is 0.316. The van der Waals surface area contributed by atoms with Gasteiger partial charge in [0.1, 0.15) is 5.65 Å². The molecule has 2 aromatic heterocycles. The number of aromatic nitrogens is 2. The molecule has 2 heterocycles. The maximum absolute atomic E-state index is 5.45. The third-order valence-corrected chi connectivity index (χ3v) is 4.07. The van der Waals surface area contributed by atoms with Crippen LogP contribution in [0.3, 0.4) is 0 Å². The Morgan fingerprint density at radius 2 is 1.83 bits per heavy atom. The van der Waals surface area contributed by atoms with Gasteiger partial charge in [-0.15, -0.1) is 0 Å². The highest BCUT2D eigenvalue weighted by Crippen LogP contribution is 2.34. The number of aryl methyl sites for hydroxylation is 1. The smallest absolute Gasteiger partial charge is 0.161 e. The molecule has 0 atom stereocenters. The Morgan fingerprint density at radius 3 is 2.50 bits per heavy atom. The first-order valence-corrected chi connectivity index (χ1v) is 7.88. The molecule has 0 aliphatic rings. The topological polar surface area (TPSA) is 39.0 Å². The highest BCUT2D eigenvalue weighted by atomic mass is 16.5. The van der Waals surface area contributed by atoms with Crippen LogP contribution in [0.4, 0.5) is 0 Å². The van der Waals surface area contributed by atoms with Crippen molar-refractivity contribution in [1.29, 1.82) is 0 Å². The zero-order valence-electron chi connectivity index (χ0n) is 14.8. The van der Waals surface area contributed by atoms with Crippen molar-refractivity contribution in [2.24, 2.45) is 0 Å². The van der Waals surface area contributed by atoms with E-state index in [0.29, 0.717) is 5.75 Å². The molecule has 1 aromatic carbocycles. The molecule has 126 valence electrons. The van der Waals surface area contributed by atoms with E-state index < -0.39 is 0 Å². The van der Waals surface area contributed by atoms with Gasteiger partial charge in [-0.05, 0) is 50.8 Å². The molecule has 0 fully saturated rings. The largest absolute Gasteiger partial charge is 0.493 e. The molecule has 0 unspecified atom stereocenters. The minimum absolute atomic E-state index is 0.708. The third kappa shape index (κ3) is 2.83. The summed E-state index contributed by atoms with van der Waals surface area (Å²) in [6, 6.07) is 10.1. The Hall–Kier alpha value is -2.53. The van der Waals surface area contributed by atoms with E-state index >= 15 is 0 Å². The van der Waals surface area contributed by atoms with Crippen LogP contribution in [0.2, 0.25) is 0 Å². The molecule has 24 heavy (non-hydrogen) atoms. The molecule has 0 saturated carbocycles. The molecular formula is C19H23N3O2. The number of pyridine rings is 1. The second kappa shape index (κ2) is 6.53. The second-order valence-electron chi connectivity index (χ2n) is 6.10. The van der Waals surface area contributed by atoms with Crippen LogP contribution in [0, 0.1) is 6.92 Å². The van der Waals surface area contributed by atoms with E-state index in [1.807, 2.05) is 18.2 Å². The number of benzene rings is 1. The van der Waals surface area contributed by atoms with Gasteiger partial charge in [-0.2, -0.15) is 0 Å². The Morgan fingerprint density at radius 1 is 1.08 bits per heavy atom. The number of imidazole rings is 1. The van der Waals surface area contributed by atoms with E-state index in [4.69, 9.17) is 14.5 Å². The highest BCUT2D eigenvalue weighted by molar-refractivity contribution is 5.70. The van der Waals surface area contributed by atoms with Crippen LogP contribution in [-0.2, 0) is 6.54 Å². The van der Waals surface area contributed by atoms with E-state index in [1.54, 1.807) is 14.2 Å². The SMILES string of the molecule is COc1ccc(-c2nc3c(C)cccn3c2CN(C)C)cc1OC. The predicted molar refractivity (Wildman–Crippen MR) is 95.9 cm³/mol. The average molecular weight is 325 g/mol. The summed E-state index contributed by atoms with van der Waals surface area (Å²) >= 11 is 0. The molecule has 0 aliphatic carbocycles. The van der Waals surface area contributed by atoms with Crippen LogP contribution in [0.25, 0.3) is 16.9 Å². The zero-order chi connectivity index (χ0) is 17.3.